The first-order valence-corrected chi connectivity index (χ1v) is 3.45. The van der Waals surface area contributed by atoms with E-state index in [9.17, 15) is 0 Å². The Morgan fingerprint density at radius 2 is 2.11 bits per heavy atom. The summed E-state index contributed by atoms with van der Waals surface area (Å²) in [5.41, 5.74) is 1.42. The van der Waals surface area contributed by atoms with Gasteiger partial charge in [-0.2, -0.15) is 0 Å². The zero-order valence-corrected chi connectivity index (χ0v) is 6.65. The van der Waals surface area contributed by atoms with Crippen molar-refractivity contribution in [2.45, 2.75) is 27.2 Å². The molecule has 9 heavy (non-hydrogen) atoms. The van der Waals surface area contributed by atoms with E-state index in [1.54, 1.807) is 0 Å². The van der Waals surface area contributed by atoms with Gasteiger partial charge < -0.3 is 0 Å². The molecule has 0 aliphatic carbocycles. The highest BCUT2D eigenvalue weighted by atomic mass is 13.9. The lowest BCUT2D eigenvalue weighted by Crippen LogP contribution is -1.81. The third kappa shape index (κ3) is 5.35. The summed E-state index contributed by atoms with van der Waals surface area (Å²) in [6, 6.07) is 0. The van der Waals surface area contributed by atoms with E-state index < -0.39 is 0 Å². The molecule has 0 aromatic carbocycles. The largest absolute Gasteiger partial charge is 0.103 e. The van der Waals surface area contributed by atoms with Crippen molar-refractivity contribution < 1.29 is 0 Å². The minimum Gasteiger partial charge on any atom is -0.103 e. The van der Waals surface area contributed by atoms with Gasteiger partial charge in [0.2, 0.25) is 0 Å². The lowest BCUT2D eigenvalue weighted by Gasteiger charge is -1.97. The van der Waals surface area contributed by atoms with Crippen molar-refractivity contribution in [3.8, 4) is 0 Å². The molecule has 0 N–H and O–H groups in total. The molecule has 0 aromatic heterocycles. The fraction of sp³-hybridized carbons (Fsp3) is 0.556. The predicted molar refractivity (Wildman–Crippen MR) is 43.4 cm³/mol. The number of allylic oxidation sites excluding steroid dienone is 3. The van der Waals surface area contributed by atoms with Crippen LogP contribution in [-0.4, -0.2) is 0 Å². The van der Waals surface area contributed by atoms with E-state index in [0.717, 1.165) is 6.42 Å². The molecule has 0 rings (SSSR count). The molecule has 0 amide bonds. The highest BCUT2D eigenvalue weighted by Crippen LogP contribution is 2.04. The predicted octanol–water partition coefficient (Wildman–Crippen LogP) is 3.16. The van der Waals surface area contributed by atoms with E-state index in [-0.39, 0.29) is 0 Å². The lowest BCUT2D eigenvalue weighted by molar-refractivity contribution is 0.817. The molecule has 0 aliphatic rings. The fourth-order valence-corrected chi connectivity index (χ4v) is 0.865. The van der Waals surface area contributed by atoms with Crippen LogP contribution < -0.4 is 0 Å². The van der Waals surface area contributed by atoms with Gasteiger partial charge in [0.15, 0.2) is 0 Å². The van der Waals surface area contributed by atoms with Crippen LogP contribution in [0.4, 0.5) is 0 Å². The van der Waals surface area contributed by atoms with Gasteiger partial charge in [-0.25, -0.2) is 0 Å². The first-order valence-electron chi connectivity index (χ1n) is 3.45. The Morgan fingerprint density at radius 1 is 1.56 bits per heavy atom. The summed E-state index contributed by atoms with van der Waals surface area (Å²) in [7, 11) is 0. The molecule has 0 heterocycles. The summed E-state index contributed by atoms with van der Waals surface area (Å²) < 4.78 is 0. The monoisotopic (exact) mass is 124 g/mol. The molecule has 0 spiro atoms. The fourth-order valence-electron chi connectivity index (χ4n) is 0.865. The van der Waals surface area contributed by atoms with Crippen LogP contribution in [0.3, 0.4) is 0 Å². The molecule has 0 saturated heterocycles. The number of rotatable bonds is 3. The first-order chi connectivity index (χ1) is 4.16. The van der Waals surface area contributed by atoms with Crippen LogP contribution in [0.25, 0.3) is 0 Å². The summed E-state index contributed by atoms with van der Waals surface area (Å²) in [5, 5.41) is 0. The van der Waals surface area contributed by atoms with E-state index in [0.29, 0.717) is 5.92 Å². The quantitative estimate of drug-likeness (QED) is 0.507. The molecule has 0 aliphatic heterocycles. The van der Waals surface area contributed by atoms with Crippen molar-refractivity contribution in [1.29, 1.82) is 0 Å². The van der Waals surface area contributed by atoms with E-state index in [2.05, 4.69) is 33.4 Å². The molecular weight excluding hydrogens is 108 g/mol. The van der Waals surface area contributed by atoms with E-state index >= 15 is 0 Å². The third-order valence-corrected chi connectivity index (χ3v) is 1.08. The second-order valence-electron chi connectivity index (χ2n) is 2.75. The topological polar surface area (TPSA) is 0 Å². The first kappa shape index (κ1) is 8.48. The Bertz CT molecular complexity index is 107. The Balaban J connectivity index is 3.68. The zero-order valence-electron chi connectivity index (χ0n) is 6.65. The maximum absolute atomic E-state index is 3.67. The van der Waals surface area contributed by atoms with Crippen LogP contribution >= 0.6 is 0 Å². The van der Waals surface area contributed by atoms with Crippen molar-refractivity contribution in [1.82, 2.24) is 0 Å². The molecule has 0 aromatic rings. The van der Waals surface area contributed by atoms with Gasteiger partial charge in [0.25, 0.3) is 0 Å². The standard InChI is InChI=1S/C9H16/c1-5-6-9(4)7-8(2)3/h5,7-8H,1,6H2,2-4H3. The van der Waals surface area contributed by atoms with Crippen LogP contribution in [0, 0.1) is 5.92 Å². The van der Waals surface area contributed by atoms with Gasteiger partial charge in [-0.05, 0) is 19.3 Å². The summed E-state index contributed by atoms with van der Waals surface area (Å²) in [6.45, 7) is 10.2. The third-order valence-electron chi connectivity index (χ3n) is 1.08. The van der Waals surface area contributed by atoms with Gasteiger partial charge in [-0.3, -0.25) is 0 Å². The molecule has 0 unspecified atom stereocenters. The van der Waals surface area contributed by atoms with Gasteiger partial charge in [0, 0.05) is 0 Å². The summed E-state index contributed by atoms with van der Waals surface area (Å²) in [4.78, 5) is 0. The van der Waals surface area contributed by atoms with Gasteiger partial charge in [0.05, 0.1) is 0 Å². The lowest BCUT2D eigenvalue weighted by atomic mass is 10.1. The average molecular weight is 124 g/mol. The molecule has 0 radical (unpaired) electrons. The van der Waals surface area contributed by atoms with Crippen molar-refractivity contribution in [2.75, 3.05) is 0 Å². The highest BCUT2D eigenvalue weighted by molar-refractivity contribution is 5.03. The van der Waals surface area contributed by atoms with Crippen LogP contribution in [0.5, 0.6) is 0 Å². The van der Waals surface area contributed by atoms with Gasteiger partial charge >= 0.3 is 0 Å². The molecule has 0 saturated carbocycles. The Morgan fingerprint density at radius 3 is 2.44 bits per heavy atom. The molecule has 0 heteroatoms. The summed E-state index contributed by atoms with van der Waals surface area (Å²) in [5.74, 6) is 0.671. The molecule has 52 valence electrons. The van der Waals surface area contributed by atoms with Crippen LogP contribution in [-0.2, 0) is 0 Å². The average Bonchev–Trinajstić information content (AvgIpc) is 1.63. The molecule has 0 nitrogen and oxygen atoms in total. The highest BCUT2D eigenvalue weighted by Gasteiger charge is 1.87. The molecular formula is C9H16. The Hall–Kier alpha value is -0.520. The maximum atomic E-state index is 3.67. The van der Waals surface area contributed by atoms with E-state index in [1.807, 2.05) is 6.08 Å². The second kappa shape index (κ2) is 4.37. The molecule has 0 bridgehead atoms. The number of hydrogen-bond acceptors (Lipinski definition) is 0. The van der Waals surface area contributed by atoms with Gasteiger partial charge in [-0.1, -0.05) is 31.6 Å². The van der Waals surface area contributed by atoms with Gasteiger partial charge in [-0.15, -0.1) is 6.58 Å². The molecule has 0 atom stereocenters. The van der Waals surface area contributed by atoms with Crippen molar-refractivity contribution in [3.63, 3.8) is 0 Å². The van der Waals surface area contributed by atoms with Crippen molar-refractivity contribution >= 4 is 0 Å². The minimum absolute atomic E-state index is 0.671. The zero-order chi connectivity index (χ0) is 7.28. The summed E-state index contributed by atoms with van der Waals surface area (Å²) in [6.07, 6.45) is 5.23. The van der Waals surface area contributed by atoms with Crippen molar-refractivity contribution in [2.24, 2.45) is 5.92 Å². The number of hydrogen-bond donors (Lipinski definition) is 0. The van der Waals surface area contributed by atoms with Crippen molar-refractivity contribution in [3.05, 3.63) is 24.3 Å². The smallest absolute Gasteiger partial charge is 0.0144 e. The Kier molecular flexibility index (Phi) is 4.12. The summed E-state index contributed by atoms with van der Waals surface area (Å²) >= 11 is 0. The van der Waals surface area contributed by atoms with Crippen LogP contribution in [0.1, 0.15) is 27.2 Å². The second-order valence-corrected chi connectivity index (χ2v) is 2.75. The van der Waals surface area contributed by atoms with E-state index in [4.69, 9.17) is 0 Å². The SMILES string of the molecule is C=CCC(C)=CC(C)C. The maximum Gasteiger partial charge on any atom is -0.0144 e. The molecule has 0 fully saturated rings. The van der Waals surface area contributed by atoms with E-state index in [1.165, 1.54) is 5.57 Å². The Labute approximate surface area is 58.3 Å². The minimum atomic E-state index is 0.671. The van der Waals surface area contributed by atoms with Gasteiger partial charge in [0.1, 0.15) is 0 Å². The van der Waals surface area contributed by atoms with Crippen LogP contribution in [0.15, 0.2) is 24.3 Å². The van der Waals surface area contributed by atoms with Crippen LogP contribution in [0.2, 0.25) is 0 Å². The normalized spacial score (nSPS) is 12.2.